The molecule has 2 aromatic carbocycles. The number of rotatable bonds is 5. The van der Waals surface area contributed by atoms with Gasteiger partial charge in [-0.1, -0.05) is 22.0 Å². The molecule has 1 aromatic heterocycles. The van der Waals surface area contributed by atoms with Gasteiger partial charge in [0.1, 0.15) is 17.7 Å². The van der Waals surface area contributed by atoms with Crippen molar-refractivity contribution in [1.82, 2.24) is 9.88 Å². The highest BCUT2D eigenvalue weighted by molar-refractivity contribution is 9.10. The van der Waals surface area contributed by atoms with E-state index in [-0.39, 0.29) is 23.8 Å². The molecule has 0 amide bonds. The summed E-state index contributed by atoms with van der Waals surface area (Å²) in [6.07, 6.45) is 1.62. The van der Waals surface area contributed by atoms with Crippen molar-refractivity contribution in [1.29, 1.82) is 0 Å². The van der Waals surface area contributed by atoms with E-state index in [1.807, 2.05) is 31.2 Å². The van der Waals surface area contributed by atoms with Gasteiger partial charge in [-0.2, -0.15) is 0 Å². The number of fused-ring (bicyclic) bond motifs is 1. The summed E-state index contributed by atoms with van der Waals surface area (Å²) in [5.41, 5.74) is 2.06. The highest BCUT2D eigenvalue weighted by Gasteiger charge is 2.24. The number of aromatic nitrogens is 1. The lowest BCUT2D eigenvalue weighted by Gasteiger charge is -2.32. The summed E-state index contributed by atoms with van der Waals surface area (Å²) in [6, 6.07) is 12.1. The third-order valence-corrected chi connectivity index (χ3v) is 5.91. The molecule has 7 heteroatoms. The fraction of sp³-hybridized carbons (Fsp3) is 0.304. The molecule has 0 saturated carbocycles. The van der Waals surface area contributed by atoms with E-state index >= 15 is 0 Å². The van der Waals surface area contributed by atoms with Crippen molar-refractivity contribution in [2.75, 3.05) is 13.1 Å². The van der Waals surface area contributed by atoms with Crippen molar-refractivity contribution >= 4 is 32.8 Å². The number of aryl methyl sites for hydroxylation is 1. The van der Waals surface area contributed by atoms with Crippen molar-refractivity contribution in [3.05, 3.63) is 69.6 Å². The number of carbonyl (C=O) groups is 1. The standard InChI is InChI=1S/C23H22BrFN2O3/c1-14-11-22(18-12-15(24)5-6-21(18)26-14)30-16-7-9-27(10-8-16)13-19-17(23(28)29)3-2-4-20(19)25/h2-6,11-12,16H,7-10,13H2,1H3,(H,28,29). The number of hydrogen-bond donors (Lipinski definition) is 1. The van der Waals surface area contributed by atoms with Gasteiger partial charge >= 0.3 is 5.97 Å². The van der Waals surface area contributed by atoms with Crippen molar-refractivity contribution in [3.63, 3.8) is 0 Å². The van der Waals surface area contributed by atoms with E-state index in [4.69, 9.17) is 4.74 Å². The van der Waals surface area contributed by atoms with Crippen molar-refractivity contribution in [2.45, 2.75) is 32.4 Å². The minimum Gasteiger partial charge on any atom is -0.490 e. The molecule has 0 aliphatic carbocycles. The number of nitrogens with zero attached hydrogens (tertiary/aromatic N) is 2. The van der Waals surface area contributed by atoms with E-state index < -0.39 is 11.8 Å². The van der Waals surface area contributed by atoms with Crippen LogP contribution >= 0.6 is 15.9 Å². The number of piperidine rings is 1. The number of halogens is 2. The molecule has 0 spiro atoms. The summed E-state index contributed by atoms with van der Waals surface area (Å²) < 4.78 is 21.5. The SMILES string of the molecule is Cc1cc(OC2CCN(Cc3c(F)cccc3C(=O)O)CC2)c2cc(Br)ccc2n1. The molecule has 5 nitrogen and oxygen atoms in total. The molecule has 0 unspecified atom stereocenters. The number of hydrogen-bond acceptors (Lipinski definition) is 4. The monoisotopic (exact) mass is 472 g/mol. The molecule has 1 aliphatic rings. The second-order valence-corrected chi connectivity index (χ2v) is 8.50. The fourth-order valence-corrected chi connectivity index (χ4v) is 4.26. The Labute approximate surface area is 182 Å². The lowest BCUT2D eigenvalue weighted by atomic mass is 10.0. The van der Waals surface area contributed by atoms with Crippen molar-refractivity contribution in [2.24, 2.45) is 0 Å². The Hall–Kier alpha value is -2.51. The van der Waals surface area contributed by atoms with Crippen LogP contribution in [0.4, 0.5) is 4.39 Å². The number of likely N-dealkylation sites (tertiary alicyclic amines) is 1. The highest BCUT2D eigenvalue weighted by atomic mass is 79.9. The maximum absolute atomic E-state index is 14.2. The van der Waals surface area contributed by atoms with Gasteiger partial charge in [-0.25, -0.2) is 9.18 Å². The van der Waals surface area contributed by atoms with Crippen molar-refractivity contribution in [3.8, 4) is 5.75 Å². The molecule has 4 rings (SSSR count). The maximum atomic E-state index is 14.2. The number of pyridine rings is 1. The van der Waals surface area contributed by atoms with Crippen LogP contribution in [0, 0.1) is 12.7 Å². The van der Waals surface area contributed by atoms with Gasteiger partial charge in [0.15, 0.2) is 0 Å². The number of carboxylic acids is 1. The van der Waals surface area contributed by atoms with Crippen LogP contribution in [0.2, 0.25) is 0 Å². The third-order valence-electron chi connectivity index (χ3n) is 5.42. The number of benzene rings is 2. The van der Waals surface area contributed by atoms with E-state index in [1.54, 1.807) is 0 Å². The Balaban J connectivity index is 1.45. The first-order valence-corrected chi connectivity index (χ1v) is 10.7. The second kappa shape index (κ2) is 8.70. The lowest BCUT2D eigenvalue weighted by Crippen LogP contribution is -2.38. The zero-order chi connectivity index (χ0) is 21.3. The Morgan fingerprint density at radius 1 is 1.27 bits per heavy atom. The normalized spacial score (nSPS) is 15.4. The smallest absolute Gasteiger partial charge is 0.336 e. The quantitative estimate of drug-likeness (QED) is 0.553. The molecule has 1 N–H and O–H groups in total. The molecule has 1 aliphatic heterocycles. The molecule has 0 atom stereocenters. The highest BCUT2D eigenvalue weighted by Crippen LogP contribution is 2.31. The molecule has 0 bridgehead atoms. The van der Waals surface area contributed by atoms with Crippen LogP contribution in [0.5, 0.6) is 5.75 Å². The Kier molecular flexibility index (Phi) is 6.01. The summed E-state index contributed by atoms with van der Waals surface area (Å²) in [6.45, 7) is 3.66. The molecular weight excluding hydrogens is 451 g/mol. The van der Waals surface area contributed by atoms with E-state index in [0.717, 1.165) is 39.7 Å². The van der Waals surface area contributed by atoms with Crippen molar-refractivity contribution < 1.29 is 19.0 Å². The third kappa shape index (κ3) is 4.47. The van der Waals surface area contributed by atoms with E-state index in [9.17, 15) is 14.3 Å². The molecule has 0 radical (unpaired) electrons. The second-order valence-electron chi connectivity index (χ2n) is 7.59. The summed E-state index contributed by atoms with van der Waals surface area (Å²) in [4.78, 5) is 18.1. The largest absolute Gasteiger partial charge is 0.490 e. The zero-order valence-electron chi connectivity index (χ0n) is 16.6. The predicted octanol–water partition coefficient (Wildman–Crippen LogP) is 5.19. The molecule has 1 saturated heterocycles. The van der Waals surface area contributed by atoms with Gasteiger partial charge in [0.05, 0.1) is 11.1 Å². The zero-order valence-corrected chi connectivity index (χ0v) is 18.2. The Morgan fingerprint density at radius 2 is 2.03 bits per heavy atom. The average Bonchev–Trinajstić information content (AvgIpc) is 2.71. The van der Waals surface area contributed by atoms with Gasteiger partial charge in [0.2, 0.25) is 0 Å². The van der Waals surface area contributed by atoms with E-state index in [2.05, 4.69) is 25.8 Å². The Morgan fingerprint density at radius 3 is 2.77 bits per heavy atom. The van der Waals surface area contributed by atoms with Crippen LogP contribution in [0.3, 0.4) is 0 Å². The van der Waals surface area contributed by atoms with Crippen LogP contribution in [-0.4, -0.2) is 40.2 Å². The van der Waals surface area contributed by atoms with Gasteiger partial charge in [-0.05, 0) is 50.1 Å². The van der Waals surface area contributed by atoms with E-state index in [1.165, 1.54) is 18.2 Å². The summed E-state index contributed by atoms with van der Waals surface area (Å²) in [7, 11) is 0. The molecule has 3 aromatic rings. The van der Waals surface area contributed by atoms with Crippen LogP contribution in [0.25, 0.3) is 10.9 Å². The van der Waals surface area contributed by atoms with E-state index in [0.29, 0.717) is 13.1 Å². The van der Waals surface area contributed by atoms with Gasteiger partial charge in [0.25, 0.3) is 0 Å². The molecule has 156 valence electrons. The van der Waals surface area contributed by atoms with Crippen LogP contribution in [0.1, 0.15) is 34.5 Å². The first-order valence-electron chi connectivity index (χ1n) is 9.87. The number of carboxylic acid groups (broad SMARTS) is 1. The predicted molar refractivity (Wildman–Crippen MR) is 116 cm³/mol. The minimum absolute atomic E-state index is 0.0256. The summed E-state index contributed by atoms with van der Waals surface area (Å²) in [5.74, 6) is -0.758. The van der Waals surface area contributed by atoms with Gasteiger partial charge < -0.3 is 9.84 Å². The topological polar surface area (TPSA) is 62.7 Å². The van der Waals surface area contributed by atoms with Gasteiger partial charge in [-0.3, -0.25) is 9.88 Å². The fourth-order valence-electron chi connectivity index (χ4n) is 3.90. The average molecular weight is 473 g/mol. The minimum atomic E-state index is -1.10. The summed E-state index contributed by atoms with van der Waals surface area (Å²) in [5, 5.41) is 10.3. The number of ether oxygens (including phenoxy) is 1. The van der Waals surface area contributed by atoms with Gasteiger partial charge in [0, 0.05) is 46.8 Å². The van der Waals surface area contributed by atoms with Gasteiger partial charge in [-0.15, -0.1) is 0 Å². The molecule has 1 fully saturated rings. The Bertz CT molecular complexity index is 1100. The lowest BCUT2D eigenvalue weighted by molar-refractivity contribution is 0.0689. The van der Waals surface area contributed by atoms with Crippen LogP contribution < -0.4 is 4.74 Å². The number of aromatic carboxylic acids is 1. The molecule has 30 heavy (non-hydrogen) atoms. The maximum Gasteiger partial charge on any atom is 0.336 e. The van der Waals surface area contributed by atoms with Crippen LogP contribution in [0.15, 0.2) is 46.9 Å². The first-order chi connectivity index (χ1) is 14.4. The summed E-state index contributed by atoms with van der Waals surface area (Å²) >= 11 is 3.51. The molecule has 2 heterocycles. The first kappa shape index (κ1) is 20.8. The molecular formula is C23H22BrFN2O3. The van der Waals surface area contributed by atoms with Crippen LogP contribution in [-0.2, 0) is 6.54 Å².